The van der Waals surface area contributed by atoms with Crippen molar-refractivity contribution in [1.29, 1.82) is 0 Å². The first-order valence-corrected chi connectivity index (χ1v) is 8.45. The molecule has 1 aromatic heterocycles. The first-order chi connectivity index (χ1) is 11.2. The predicted octanol–water partition coefficient (Wildman–Crippen LogP) is 3.04. The number of allylic oxidation sites excluding steroid dienone is 1. The van der Waals surface area contributed by atoms with Crippen LogP contribution in [0.1, 0.15) is 30.1 Å². The van der Waals surface area contributed by atoms with Crippen LogP contribution in [0.15, 0.2) is 43.1 Å². The van der Waals surface area contributed by atoms with Crippen LogP contribution in [0.3, 0.4) is 0 Å². The molecule has 1 saturated heterocycles. The van der Waals surface area contributed by atoms with Gasteiger partial charge in [0.1, 0.15) is 0 Å². The molecule has 1 aliphatic rings. The summed E-state index contributed by atoms with van der Waals surface area (Å²) in [5.74, 6) is 0.0203. The Hall–Kier alpha value is -2.07. The number of carbonyl (C=O) groups is 1. The third-order valence-electron chi connectivity index (χ3n) is 4.76. The molecule has 2 heterocycles. The van der Waals surface area contributed by atoms with Gasteiger partial charge in [-0.1, -0.05) is 31.2 Å². The van der Waals surface area contributed by atoms with Gasteiger partial charge >= 0.3 is 0 Å². The Morgan fingerprint density at radius 3 is 3.04 bits per heavy atom. The van der Waals surface area contributed by atoms with E-state index >= 15 is 0 Å². The zero-order chi connectivity index (χ0) is 16.2. The average Bonchev–Trinajstić information content (AvgIpc) is 3.18. The van der Waals surface area contributed by atoms with E-state index in [2.05, 4.69) is 28.3 Å². The molecule has 0 saturated carbocycles. The third-order valence-corrected chi connectivity index (χ3v) is 4.76. The maximum absolute atomic E-state index is 12.7. The Bertz CT molecular complexity index is 704. The van der Waals surface area contributed by atoms with Gasteiger partial charge in [-0.15, -0.1) is 6.58 Å². The second-order valence-corrected chi connectivity index (χ2v) is 6.14. The highest BCUT2D eigenvalue weighted by molar-refractivity contribution is 6.07. The SMILES string of the molecule is C=CCn1cc(C(=O)NC[C@@H]2CCCN2CC)c2ccccc21. The standard InChI is InChI=1S/C19H25N3O/c1-3-11-22-14-17(16-9-5-6-10-18(16)22)19(23)20-13-15-8-7-12-21(15)4-2/h3,5-6,9-10,14-15H,1,4,7-8,11-13H2,2H3,(H,20,23)/t15-/m0/s1. The fraction of sp³-hybridized carbons (Fsp3) is 0.421. The predicted molar refractivity (Wildman–Crippen MR) is 94.7 cm³/mol. The van der Waals surface area contributed by atoms with Crippen LogP contribution in [0.4, 0.5) is 0 Å². The van der Waals surface area contributed by atoms with E-state index in [9.17, 15) is 4.79 Å². The Balaban J connectivity index is 1.77. The van der Waals surface area contributed by atoms with Crippen molar-refractivity contribution in [3.05, 3.63) is 48.7 Å². The highest BCUT2D eigenvalue weighted by Gasteiger charge is 2.24. The first kappa shape index (κ1) is 15.8. The zero-order valence-corrected chi connectivity index (χ0v) is 13.8. The molecular weight excluding hydrogens is 286 g/mol. The van der Waals surface area contributed by atoms with Crippen LogP contribution in [0.25, 0.3) is 10.9 Å². The number of benzene rings is 1. The maximum atomic E-state index is 12.7. The second kappa shape index (κ2) is 7.01. The number of nitrogens with zero attached hydrogens (tertiary/aromatic N) is 2. The number of hydrogen-bond acceptors (Lipinski definition) is 2. The van der Waals surface area contributed by atoms with Gasteiger partial charge in [0.2, 0.25) is 0 Å². The minimum absolute atomic E-state index is 0.0203. The van der Waals surface area contributed by atoms with Gasteiger partial charge in [0.05, 0.1) is 5.56 Å². The fourth-order valence-corrected chi connectivity index (χ4v) is 3.57. The van der Waals surface area contributed by atoms with Crippen LogP contribution in [-0.2, 0) is 6.54 Å². The lowest BCUT2D eigenvalue weighted by Crippen LogP contribution is -2.40. The van der Waals surface area contributed by atoms with E-state index in [4.69, 9.17) is 0 Å². The number of hydrogen-bond donors (Lipinski definition) is 1. The third kappa shape index (κ3) is 3.17. The molecule has 0 unspecified atom stereocenters. The number of likely N-dealkylation sites (N-methyl/N-ethyl adjacent to an activating group) is 1. The van der Waals surface area contributed by atoms with Gasteiger partial charge in [0, 0.05) is 36.2 Å². The minimum atomic E-state index is 0.0203. The van der Waals surface area contributed by atoms with Crippen molar-refractivity contribution in [3.8, 4) is 0 Å². The summed E-state index contributed by atoms with van der Waals surface area (Å²) in [4.78, 5) is 15.1. The smallest absolute Gasteiger partial charge is 0.253 e. The summed E-state index contributed by atoms with van der Waals surface area (Å²) in [5.41, 5.74) is 1.83. The molecule has 1 atom stereocenters. The number of carbonyl (C=O) groups excluding carboxylic acids is 1. The number of amides is 1. The summed E-state index contributed by atoms with van der Waals surface area (Å²) < 4.78 is 2.07. The van der Waals surface area contributed by atoms with E-state index in [1.165, 1.54) is 12.8 Å². The van der Waals surface area contributed by atoms with Crippen molar-refractivity contribution >= 4 is 16.8 Å². The van der Waals surface area contributed by atoms with Crippen LogP contribution < -0.4 is 5.32 Å². The molecule has 2 aromatic rings. The summed E-state index contributed by atoms with van der Waals surface area (Å²) in [7, 11) is 0. The van der Waals surface area contributed by atoms with E-state index in [1.54, 1.807) is 0 Å². The molecule has 4 nitrogen and oxygen atoms in total. The normalized spacial score (nSPS) is 18.4. The van der Waals surface area contributed by atoms with Crippen molar-refractivity contribution in [3.63, 3.8) is 0 Å². The van der Waals surface area contributed by atoms with Gasteiger partial charge in [-0.3, -0.25) is 9.69 Å². The van der Waals surface area contributed by atoms with E-state index in [0.29, 0.717) is 12.6 Å². The highest BCUT2D eigenvalue weighted by atomic mass is 16.1. The number of rotatable bonds is 6. The van der Waals surface area contributed by atoms with Crippen LogP contribution >= 0.6 is 0 Å². The maximum Gasteiger partial charge on any atom is 0.253 e. The summed E-state index contributed by atoms with van der Waals surface area (Å²) in [6, 6.07) is 8.52. The average molecular weight is 311 g/mol. The summed E-state index contributed by atoms with van der Waals surface area (Å²) in [6.07, 6.45) is 6.19. The van der Waals surface area contributed by atoms with Crippen molar-refractivity contribution in [2.45, 2.75) is 32.4 Å². The van der Waals surface area contributed by atoms with Crippen molar-refractivity contribution in [2.75, 3.05) is 19.6 Å². The lowest BCUT2D eigenvalue weighted by Gasteiger charge is -2.22. The van der Waals surface area contributed by atoms with Gasteiger partial charge in [-0.25, -0.2) is 0 Å². The Morgan fingerprint density at radius 1 is 1.43 bits per heavy atom. The molecule has 23 heavy (non-hydrogen) atoms. The molecule has 0 radical (unpaired) electrons. The van der Waals surface area contributed by atoms with Crippen molar-refractivity contribution in [2.24, 2.45) is 0 Å². The first-order valence-electron chi connectivity index (χ1n) is 8.45. The Morgan fingerprint density at radius 2 is 2.26 bits per heavy atom. The Kier molecular flexibility index (Phi) is 4.82. The molecule has 1 amide bonds. The molecule has 1 N–H and O–H groups in total. The van der Waals surface area contributed by atoms with Crippen molar-refractivity contribution in [1.82, 2.24) is 14.8 Å². The number of aromatic nitrogens is 1. The summed E-state index contributed by atoms with van der Waals surface area (Å²) >= 11 is 0. The quantitative estimate of drug-likeness (QED) is 0.833. The number of likely N-dealkylation sites (tertiary alicyclic amines) is 1. The lowest BCUT2D eigenvalue weighted by molar-refractivity contribution is 0.0943. The molecule has 0 bridgehead atoms. The van der Waals surface area contributed by atoms with Gasteiger partial charge in [-0.05, 0) is 32.0 Å². The fourth-order valence-electron chi connectivity index (χ4n) is 3.57. The molecule has 1 aromatic carbocycles. The molecular formula is C19H25N3O. The molecule has 122 valence electrons. The topological polar surface area (TPSA) is 37.3 Å². The zero-order valence-electron chi connectivity index (χ0n) is 13.8. The van der Waals surface area contributed by atoms with Crippen LogP contribution in [0.5, 0.6) is 0 Å². The number of fused-ring (bicyclic) bond motifs is 1. The largest absolute Gasteiger partial charge is 0.350 e. The molecule has 1 fully saturated rings. The second-order valence-electron chi connectivity index (χ2n) is 6.14. The molecule has 1 aliphatic heterocycles. The highest BCUT2D eigenvalue weighted by Crippen LogP contribution is 2.22. The monoisotopic (exact) mass is 311 g/mol. The van der Waals surface area contributed by atoms with E-state index < -0.39 is 0 Å². The van der Waals surface area contributed by atoms with E-state index in [1.807, 2.05) is 36.5 Å². The van der Waals surface area contributed by atoms with Gasteiger partial charge in [0.15, 0.2) is 0 Å². The van der Waals surface area contributed by atoms with Crippen LogP contribution in [0.2, 0.25) is 0 Å². The van der Waals surface area contributed by atoms with Crippen molar-refractivity contribution < 1.29 is 4.79 Å². The number of para-hydroxylation sites is 1. The van der Waals surface area contributed by atoms with Gasteiger partial charge in [0.25, 0.3) is 5.91 Å². The van der Waals surface area contributed by atoms with Crippen LogP contribution in [0, 0.1) is 0 Å². The minimum Gasteiger partial charge on any atom is -0.350 e. The molecule has 0 spiro atoms. The summed E-state index contributed by atoms with van der Waals surface area (Å²) in [5, 5.41) is 4.14. The summed E-state index contributed by atoms with van der Waals surface area (Å²) in [6.45, 7) is 9.62. The Labute approximate surface area is 137 Å². The number of nitrogens with one attached hydrogen (secondary N) is 1. The molecule has 4 heteroatoms. The van der Waals surface area contributed by atoms with Gasteiger partial charge in [-0.2, -0.15) is 0 Å². The van der Waals surface area contributed by atoms with E-state index in [0.717, 1.165) is 36.1 Å². The lowest BCUT2D eigenvalue weighted by atomic mass is 10.1. The molecule has 0 aliphatic carbocycles. The van der Waals surface area contributed by atoms with Gasteiger partial charge < -0.3 is 9.88 Å². The van der Waals surface area contributed by atoms with E-state index in [-0.39, 0.29) is 5.91 Å². The van der Waals surface area contributed by atoms with Crippen LogP contribution in [-0.4, -0.2) is 41.1 Å². The molecule has 3 rings (SSSR count).